The van der Waals surface area contributed by atoms with Crippen LogP contribution in [0, 0.1) is 200 Å². The zero-order valence-electron chi connectivity index (χ0n) is 3.50. The van der Waals surface area contributed by atoms with Crippen LogP contribution in [0.4, 0.5) is 0 Å². The molecular weight excluding hydrogens is 1130 g/mol. The van der Waals surface area contributed by atoms with E-state index in [2.05, 4.69) is 0 Å². The summed E-state index contributed by atoms with van der Waals surface area (Å²) in [5, 5.41) is 0. The van der Waals surface area contributed by atoms with Gasteiger partial charge in [-0.05, 0) is 0 Å². The van der Waals surface area contributed by atoms with Crippen molar-refractivity contribution in [2.24, 2.45) is 0 Å². The van der Waals surface area contributed by atoms with Crippen LogP contribution in [0.2, 0.25) is 0 Å². The molecule has 0 aliphatic heterocycles. The second-order valence-corrected chi connectivity index (χ2v) is 0. The Morgan fingerprint density at radius 3 is 0.250 bits per heavy atom. The van der Waals surface area contributed by atoms with Crippen LogP contribution in [-0.2, 0) is 0 Å². The number of hydrogen-bond acceptors (Lipinski definition) is 0. The first-order valence-electron chi connectivity index (χ1n) is 0. The topological polar surface area (TPSA) is 0 Å². The Bertz CT molecular complexity index is 7.64. The standard InChI is InChI=1S/5Gd.3In. The van der Waals surface area contributed by atoms with Crippen molar-refractivity contribution in [3.05, 3.63) is 0 Å². The fourth-order valence-electron chi connectivity index (χ4n) is 0. The van der Waals surface area contributed by atoms with Gasteiger partial charge in [0.05, 0.1) is 0 Å². The molecule has 0 saturated heterocycles. The van der Waals surface area contributed by atoms with Gasteiger partial charge >= 0.3 is 0 Å². The molecule has 9 radical (unpaired) electrons. The molecule has 0 spiro atoms. The van der Waals surface area contributed by atoms with Gasteiger partial charge in [0.15, 0.2) is 0 Å². The van der Waals surface area contributed by atoms with Crippen molar-refractivity contribution in [2.45, 2.75) is 0 Å². The quantitative estimate of drug-likeness (QED) is 0.289. The molecule has 0 bridgehead atoms. The zero-order valence-corrected chi connectivity index (χ0v) is 24.7. The van der Waals surface area contributed by atoms with Crippen LogP contribution in [0.25, 0.3) is 0 Å². The van der Waals surface area contributed by atoms with Gasteiger partial charge in [0.25, 0.3) is 0 Å². The number of hydrogen-bond donors (Lipinski definition) is 0. The molecule has 0 fully saturated rings. The third-order valence-corrected chi connectivity index (χ3v) is 0. The maximum Gasteiger partial charge on any atom is 0 e. The average Bonchev–Trinajstić information content (AvgIpc) is 0. The van der Waals surface area contributed by atoms with Crippen molar-refractivity contribution in [2.75, 3.05) is 0 Å². The third-order valence-electron chi connectivity index (χ3n) is 0. The molecule has 0 saturated carbocycles. The minimum atomic E-state index is 0. The fourth-order valence-corrected chi connectivity index (χ4v) is 0. The smallest absolute Gasteiger partial charge is 0 e. The van der Waals surface area contributed by atoms with Crippen LogP contribution in [-0.4, -0.2) is 77.5 Å². The molecule has 0 nitrogen and oxygen atoms in total. The number of rotatable bonds is 0. The summed E-state index contributed by atoms with van der Waals surface area (Å²) in [6, 6.07) is 0. The Balaban J connectivity index is 0. The first-order valence-corrected chi connectivity index (χ1v) is 0. The normalized spacial score (nSPS) is 0. The molecule has 8 heavy (non-hydrogen) atoms. The van der Waals surface area contributed by atoms with E-state index >= 15 is 0 Å². The maximum atomic E-state index is 0. The zero-order chi connectivity index (χ0) is 0. The van der Waals surface area contributed by atoms with E-state index < -0.39 is 0 Å². The SMILES string of the molecule is [Gd].[Gd].[Gd].[Gd].[Gd].[In].[In].[In]. The summed E-state index contributed by atoms with van der Waals surface area (Å²) in [7, 11) is 0. The van der Waals surface area contributed by atoms with Crippen molar-refractivity contribution in [1.29, 1.82) is 0 Å². The first kappa shape index (κ1) is 53.3. The van der Waals surface area contributed by atoms with Crippen LogP contribution >= 0.6 is 0 Å². The van der Waals surface area contributed by atoms with E-state index in [1.807, 2.05) is 0 Å². The van der Waals surface area contributed by atoms with E-state index in [0.29, 0.717) is 0 Å². The van der Waals surface area contributed by atoms with Crippen molar-refractivity contribution in [3.63, 3.8) is 0 Å². The van der Waals surface area contributed by atoms with Gasteiger partial charge in [-0.2, -0.15) is 0 Å². The molecule has 0 aliphatic carbocycles. The summed E-state index contributed by atoms with van der Waals surface area (Å²) in [6.07, 6.45) is 0. The average molecular weight is 1130 g/mol. The monoisotopic (exact) mass is 1130 g/mol. The van der Waals surface area contributed by atoms with E-state index in [-0.39, 0.29) is 277 Å². The van der Waals surface area contributed by atoms with Crippen molar-refractivity contribution in [3.8, 4) is 0 Å². The van der Waals surface area contributed by atoms with Gasteiger partial charge in [0.2, 0.25) is 0 Å². The van der Waals surface area contributed by atoms with E-state index in [1.165, 1.54) is 0 Å². The Kier molecular flexibility index (Phi) is 294. The molecule has 0 amide bonds. The maximum absolute atomic E-state index is 0. The van der Waals surface area contributed by atoms with E-state index in [1.54, 1.807) is 0 Å². The summed E-state index contributed by atoms with van der Waals surface area (Å²) in [5.41, 5.74) is 0. The molecular formula is Gd5In3. The van der Waals surface area contributed by atoms with Crippen LogP contribution in [0.1, 0.15) is 0 Å². The Labute approximate surface area is 267 Å². The van der Waals surface area contributed by atoms with Gasteiger partial charge in [0, 0.05) is 277 Å². The van der Waals surface area contributed by atoms with Gasteiger partial charge in [-0.25, -0.2) is 0 Å². The van der Waals surface area contributed by atoms with Crippen LogP contribution in [0.5, 0.6) is 0 Å². The minimum absolute atomic E-state index is 0. The summed E-state index contributed by atoms with van der Waals surface area (Å²) in [5.74, 6) is 0. The van der Waals surface area contributed by atoms with E-state index in [9.17, 15) is 0 Å². The van der Waals surface area contributed by atoms with Crippen molar-refractivity contribution >= 4 is 77.5 Å². The molecule has 0 aromatic carbocycles. The minimum Gasteiger partial charge on any atom is 0 e. The van der Waals surface area contributed by atoms with Gasteiger partial charge in [-0.1, -0.05) is 0 Å². The van der Waals surface area contributed by atoms with Gasteiger partial charge in [0.1, 0.15) is 0 Å². The van der Waals surface area contributed by atoms with Gasteiger partial charge in [-0.3, -0.25) is 0 Å². The molecule has 0 N–H and O–H groups in total. The summed E-state index contributed by atoms with van der Waals surface area (Å²) in [6.45, 7) is 0. The molecule has 0 aliphatic rings. The molecule has 0 heterocycles. The fraction of sp³-hybridized carbons (Fsp3) is 0. The molecule has 8 heteroatoms. The van der Waals surface area contributed by atoms with E-state index in [4.69, 9.17) is 0 Å². The van der Waals surface area contributed by atoms with Crippen molar-refractivity contribution < 1.29 is 200 Å². The Morgan fingerprint density at radius 2 is 0.250 bits per heavy atom. The van der Waals surface area contributed by atoms with Gasteiger partial charge in [-0.15, -0.1) is 0 Å². The van der Waals surface area contributed by atoms with Crippen LogP contribution < -0.4 is 0 Å². The van der Waals surface area contributed by atoms with Crippen LogP contribution in [0.3, 0.4) is 0 Å². The van der Waals surface area contributed by atoms with E-state index in [0.717, 1.165) is 0 Å². The second kappa shape index (κ2) is 44.2. The van der Waals surface area contributed by atoms with Crippen LogP contribution in [0.15, 0.2) is 0 Å². The van der Waals surface area contributed by atoms with Gasteiger partial charge < -0.3 is 0 Å². The molecule has 0 rings (SSSR count). The molecule has 0 unspecified atom stereocenters. The predicted molar refractivity (Wildman–Crippen MR) is 17.3 cm³/mol. The molecule has 0 aromatic rings. The summed E-state index contributed by atoms with van der Waals surface area (Å²) in [4.78, 5) is 0. The predicted octanol–water partition coefficient (Wildman–Crippen LogP) is -1.14. The Morgan fingerprint density at radius 1 is 0.250 bits per heavy atom. The molecule has 49 valence electrons. The second-order valence-electron chi connectivity index (χ2n) is 0. The molecule has 0 aromatic heterocycles. The van der Waals surface area contributed by atoms with Crippen molar-refractivity contribution in [1.82, 2.24) is 0 Å². The Hall–Kier alpha value is 9.23. The molecule has 0 atom stereocenters. The third kappa shape index (κ3) is 36.2. The summed E-state index contributed by atoms with van der Waals surface area (Å²) < 4.78 is 0. The first-order chi connectivity index (χ1) is 0. The largest absolute Gasteiger partial charge is 0 e. The summed E-state index contributed by atoms with van der Waals surface area (Å²) >= 11 is 0.